The van der Waals surface area contributed by atoms with Gasteiger partial charge < -0.3 is 10.0 Å². The first-order valence-electron chi connectivity index (χ1n) is 7.13. The van der Waals surface area contributed by atoms with Crippen LogP contribution in [0, 0.1) is 0 Å². The molecule has 2 aromatic carbocycles. The Kier molecular flexibility index (Phi) is 5.40. The third kappa shape index (κ3) is 4.31. The van der Waals surface area contributed by atoms with E-state index in [9.17, 15) is 5.11 Å². The van der Waals surface area contributed by atoms with E-state index in [4.69, 9.17) is 11.6 Å². The van der Waals surface area contributed by atoms with Crippen LogP contribution in [0.25, 0.3) is 0 Å². The van der Waals surface area contributed by atoms with Gasteiger partial charge >= 0.3 is 0 Å². The van der Waals surface area contributed by atoms with Crippen LogP contribution in [0.5, 0.6) is 0 Å². The summed E-state index contributed by atoms with van der Waals surface area (Å²) < 4.78 is 0. The molecule has 0 saturated heterocycles. The van der Waals surface area contributed by atoms with Gasteiger partial charge in [0.2, 0.25) is 0 Å². The van der Waals surface area contributed by atoms with Gasteiger partial charge in [-0.05, 0) is 30.3 Å². The maximum atomic E-state index is 9.85. The smallest absolute Gasteiger partial charge is 0.0537 e. The quantitative estimate of drug-likeness (QED) is 0.879. The summed E-state index contributed by atoms with van der Waals surface area (Å²) in [6.45, 7) is 3.80. The van der Waals surface area contributed by atoms with Gasteiger partial charge in [0.05, 0.1) is 6.61 Å². The average Bonchev–Trinajstić information content (AvgIpc) is 2.48. The van der Waals surface area contributed by atoms with E-state index in [1.165, 1.54) is 5.56 Å². The largest absolute Gasteiger partial charge is 0.395 e. The molecule has 0 amide bonds. The van der Waals surface area contributed by atoms with Crippen LogP contribution in [0.1, 0.15) is 18.1 Å². The minimum absolute atomic E-state index is 0.122. The lowest BCUT2D eigenvalue weighted by Gasteiger charge is -2.33. The van der Waals surface area contributed by atoms with Crippen molar-refractivity contribution in [1.82, 2.24) is 4.90 Å². The average molecular weight is 304 g/mol. The molecule has 2 nitrogen and oxygen atoms in total. The Balaban J connectivity index is 2.08. The van der Waals surface area contributed by atoms with E-state index in [0.29, 0.717) is 0 Å². The lowest BCUT2D eigenvalue weighted by molar-refractivity contribution is 0.156. The Bertz CT molecular complexity index is 572. The lowest BCUT2D eigenvalue weighted by atomic mass is 9.83. The molecule has 0 aromatic heterocycles. The topological polar surface area (TPSA) is 23.5 Å². The second-order valence-electron chi connectivity index (χ2n) is 5.89. The lowest BCUT2D eigenvalue weighted by Crippen LogP contribution is -2.39. The van der Waals surface area contributed by atoms with Gasteiger partial charge in [-0.1, -0.05) is 61.0 Å². The van der Waals surface area contributed by atoms with Gasteiger partial charge in [-0.25, -0.2) is 0 Å². The van der Waals surface area contributed by atoms with Crippen molar-refractivity contribution < 1.29 is 5.11 Å². The van der Waals surface area contributed by atoms with Crippen molar-refractivity contribution in [2.75, 3.05) is 20.2 Å². The second kappa shape index (κ2) is 7.08. The fourth-order valence-corrected chi connectivity index (χ4v) is 2.88. The number of aliphatic hydroxyl groups is 1. The first-order chi connectivity index (χ1) is 10.0. The number of aliphatic hydroxyl groups excluding tert-OH is 1. The van der Waals surface area contributed by atoms with Gasteiger partial charge in [-0.3, -0.25) is 0 Å². The Hall–Kier alpha value is -1.35. The SMILES string of the molecule is CN(Cc1cccc(Cl)c1)CC(C)(CO)c1ccccc1. The third-order valence-corrected chi connectivity index (χ3v) is 4.02. The molecule has 0 spiro atoms. The van der Waals surface area contributed by atoms with Gasteiger partial charge in [0.25, 0.3) is 0 Å². The number of rotatable bonds is 6. The highest BCUT2D eigenvalue weighted by Gasteiger charge is 2.27. The predicted molar refractivity (Wildman–Crippen MR) is 88.7 cm³/mol. The fourth-order valence-electron chi connectivity index (χ4n) is 2.67. The summed E-state index contributed by atoms with van der Waals surface area (Å²) in [6, 6.07) is 18.1. The van der Waals surface area contributed by atoms with Crippen molar-refractivity contribution in [2.24, 2.45) is 0 Å². The van der Waals surface area contributed by atoms with Crippen molar-refractivity contribution >= 4 is 11.6 Å². The molecule has 0 aliphatic heterocycles. The van der Waals surface area contributed by atoms with Crippen LogP contribution >= 0.6 is 11.6 Å². The molecule has 112 valence electrons. The molecule has 0 aliphatic rings. The molecule has 0 heterocycles. The van der Waals surface area contributed by atoms with E-state index in [1.807, 2.05) is 36.4 Å². The minimum Gasteiger partial charge on any atom is -0.395 e. The van der Waals surface area contributed by atoms with Gasteiger partial charge in [-0.2, -0.15) is 0 Å². The van der Waals surface area contributed by atoms with E-state index in [-0.39, 0.29) is 12.0 Å². The van der Waals surface area contributed by atoms with E-state index in [1.54, 1.807) is 0 Å². The molecule has 2 aromatic rings. The monoisotopic (exact) mass is 303 g/mol. The van der Waals surface area contributed by atoms with Crippen LogP contribution in [0.15, 0.2) is 54.6 Å². The Morgan fingerprint density at radius 2 is 1.81 bits per heavy atom. The summed E-state index contributed by atoms with van der Waals surface area (Å²) in [4.78, 5) is 2.22. The zero-order valence-corrected chi connectivity index (χ0v) is 13.3. The highest BCUT2D eigenvalue weighted by Crippen LogP contribution is 2.24. The predicted octanol–water partition coefficient (Wildman–Crippen LogP) is 3.72. The molecular weight excluding hydrogens is 282 g/mol. The maximum absolute atomic E-state index is 9.85. The zero-order chi connectivity index (χ0) is 15.3. The summed E-state index contributed by atoms with van der Waals surface area (Å²) in [6.07, 6.45) is 0. The van der Waals surface area contributed by atoms with Gasteiger partial charge in [-0.15, -0.1) is 0 Å². The summed E-state index contributed by atoms with van der Waals surface area (Å²) >= 11 is 6.03. The number of hydrogen-bond acceptors (Lipinski definition) is 2. The standard InChI is InChI=1S/C18H22ClNO/c1-18(14-21,16-8-4-3-5-9-16)13-20(2)12-15-7-6-10-17(19)11-15/h3-11,21H,12-14H2,1-2H3. The van der Waals surface area contributed by atoms with Crippen molar-refractivity contribution in [2.45, 2.75) is 18.9 Å². The zero-order valence-electron chi connectivity index (χ0n) is 12.6. The van der Waals surface area contributed by atoms with Crippen LogP contribution in [-0.2, 0) is 12.0 Å². The molecule has 0 aliphatic carbocycles. The van der Waals surface area contributed by atoms with Crippen LogP contribution in [0.3, 0.4) is 0 Å². The number of likely N-dealkylation sites (N-methyl/N-ethyl adjacent to an activating group) is 1. The molecule has 3 heteroatoms. The molecule has 1 N–H and O–H groups in total. The van der Waals surface area contributed by atoms with E-state index in [2.05, 4.69) is 37.1 Å². The summed E-state index contributed by atoms with van der Waals surface area (Å²) in [7, 11) is 2.07. The van der Waals surface area contributed by atoms with E-state index < -0.39 is 0 Å². The number of hydrogen-bond donors (Lipinski definition) is 1. The molecule has 1 unspecified atom stereocenters. The van der Waals surface area contributed by atoms with Crippen molar-refractivity contribution in [1.29, 1.82) is 0 Å². The number of nitrogens with zero attached hydrogens (tertiary/aromatic N) is 1. The van der Waals surface area contributed by atoms with Crippen molar-refractivity contribution in [3.05, 3.63) is 70.7 Å². The normalized spacial score (nSPS) is 14.1. The Labute approximate surface area is 132 Å². The molecule has 1 atom stereocenters. The van der Waals surface area contributed by atoms with Crippen LogP contribution < -0.4 is 0 Å². The van der Waals surface area contributed by atoms with Crippen molar-refractivity contribution in [3.63, 3.8) is 0 Å². The second-order valence-corrected chi connectivity index (χ2v) is 6.32. The molecule has 0 fully saturated rings. The van der Waals surface area contributed by atoms with Crippen LogP contribution in [-0.4, -0.2) is 30.2 Å². The first kappa shape index (κ1) is 16.0. The summed E-state index contributed by atoms with van der Waals surface area (Å²) in [5.41, 5.74) is 2.07. The maximum Gasteiger partial charge on any atom is 0.0537 e. The highest BCUT2D eigenvalue weighted by molar-refractivity contribution is 6.30. The highest BCUT2D eigenvalue weighted by atomic mass is 35.5. The van der Waals surface area contributed by atoms with Crippen molar-refractivity contribution in [3.8, 4) is 0 Å². The molecule has 2 rings (SSSR count). The molecular formula is C18H22ClNO. The third-order valence-electron chi connectivity index (χ3n) is 3.78. The van der Waals surface area contributed by atoms with E-state index in [0.717, 1.165) is 23.7 Å². The van der Waals surface area contributed by atoms with Gasteiger partial charge in [0.15, 0.2) is 0 Å². The van der Waals surface area contributed by atoms with Gasteiger partial charge in [0.1, 0.15) is 0 Å². The Morgan fingerprint density at radius 3 is 2.43 bits per heavy atom. The van der Waals surface area contributed by atoms with Crippen LogP contribution in [0.4, 0.5) is 0 Å². The summed E-state index contributed by atoms with van der Waals surface area (Å²) in [5.74, 6) is 0. The first-order valence-corrected chi connectivity index (χ1v) is 7.51. The van der Waals surface area contributed by atoms with Crippen LogP contribution in [0.2, 0.25) is 5.02 Å². The molecule has 21 heavy (non-hydrogen) atoms. The molecule has 0 saturated carbocycles. The van der Waals surface area contributed by atoms with E-state index >= 15 is 0 Å². The molecule has 0 radical (unpaired) electrons. The van der Waals surface area contributed by atoms with Gasteiger partial charge in [0, 0.05) is 23.5 Å². The number of halogens is 1. The molecule has 0 bridgehead atoms. The fraction of sp³-hybridized carbons (Fsp3) is 0.333. The number of benzene rings is 2. The Morgan fingerprint density at radius 1 is 1.10 bits per heavy atom. The summed E-state index contributed by atoms with van der Waals surface area (Å²) in [5, 5.41) is 10.6. The minimum atomic E-state index is -0.269.